The number of carbonyl (C=O) groups excluding carboxylic acids is 1. The molecule has 0 spiro atoms. The molecule has 0 aliphatic heterocycles. The van der Waals surface area contributed by atoms with Crippen molar-refractivity contribution >= 4 is 56.1 Å². The van der Waals surface area contributed by atoms with Crippen molar-refractivity contribution in [3.8, 4) is 5.75 Å². The lowest BCUT2D eigenvalue weighted by Gasteiger charge is -2.06. The number of aromatic hydroxyl groups is 1. The van der Waals surface area contributed by atoms with E-state index in [4.69, 9.17) is 5.73 Å². The Labute approximate surface area is 209 Å². The maximum absolute atomic E-state index is 13.2. The minimum atomic E-state index is -0.354. The van der Waals surface area contributed by atoms with Crippen molar-refractivity contribution in [3.63, 3.8) is 0 Å². The van der Waals surface area contributed by atoms with E-state index in [9.17, 15) is 9.90 Å². The van der Waals surface area contributed by atoms with Crippen LogP contribution in [0.25, 0.3) is 22.2 Å². The molecule has 0 unspecified atom stereocenters. The third kappa shape index (κ3) is 4.58. The number of phenolic OH excluding ortho intramolecular Hbond substituents is 1. The molecule has 9 heteroatoms. The predicted molar refractivity (Wildman–Crippen MR) is 141 cm³/mol. The number of nitrogens with two attached hydrogens (primary N) is 1. The molecule has 0 aliphatic rings. The highest BCUT2D eigenvalue weighted by Crippen LogP contribution is 2.28. The summed E-state index contributed by atoms with van der Waals surface area (Å²) in [5.74, 6) is -0.187. The molecular formula is C26H21BrN6O2. The van der Waals surface area contributed by atoms with Gasteiger partial charge in [-0.25, -0.2) is 9.97 Å². The molecule has 4 N–H and O–H groups in total. The smallest absolute Gasteiger partial charge is 0.257 e. The van der Waals surface area contributed by atoms with Gasteiger partial charge in [0.2, 0.25) is 0 Å². The molecular weight excluding hydrogens is 508 g/mol. The first kappa shape index (κ1) is 22.5. The average Bonchev–Trinajstić information content (AvgIpc) is 3.13. The maximum Gasteiger partial charge on any atom is 0.257 e. The number of nitrogens with one attached hydrogen (secondary N) is 1. The van der Waals surface area contributed by atoms with Crippen LogP contribution in [-0.2, 0) is 6.42 Å². The summed E-state index contributed by atoms with van der Waals surface area (Å²) in [4.78, 5) is 22.6. The fraction of sp³-hybridized carbons (Fsp3) is 0.0769. The number of benzene rings is 3. The molecule has 3 aromatic carbocycles. The van der Waals surface area contributed by atoms with Crippen molar-refractivity contribution < 1.29 is 9.90 Å². The van der Waals surface area contributed by atoms with E-state index < -0.39 is 0 Å². The zero-order valence-electron chi connectivity index (χ0n) is 18.5. The molecule has 0 atom stereocenters. The Kier molecular flexibility index (Phi) is 6.15. The van der Waals surface area contributed by atoms with Crippen molar-refractivity contribution in [2.75, 3.05) is 12.3 Å². The van der Waals surface area contributed by atoms with Gasteiger partial charge in [-0.15, -0.1) is 0 Å². The Morgan fingerprint density at radius 3 is 2.54 bits per heavy atom. The summed E-state index contributed by atoms with van der Waals surface area (Å²) in [5, 5.41) is 17.6. The van der Waals surface area contributed by atoms with Crippen LogP contribution in [0, 0.1) is 0 Å². The molecule has 0 radical (unpaired) electrons. The van der Waals surface area contributed by atoms with Crippen LogP contribution in [0.5, 0.6) is 5.75 Å². The van der Waals surface area contributed by atoms with Gasteiger partial charge in [-0.3, -0.25) is 4.79 Å². The summed E-state index contributed by atoms with van der Waals surface area (Å²) < 4.78 is 2.16. The van der Waals surface area contributed by atoms with Gasteiger partial charge >= 0.3 is 0 Å². The molecule has 35 heavy (non-hydrogen) atoms. The first-order chi connectivity index (χ1) is 17.0. The number of para-hydroxylation sites is 2. The van der Waals surface area contributed by atoms with Crippen molar-refractivity contribution in [1.29, 1.82) is 0 Å². The number of aromatic nitrogens is 3. The monoisotopic (exact) mass is 528 g/mol. The summed E-state index contributed by atoms with van der Waals surface area (Å²) in [6.07, 6.45) is 2.14. The van der Waals surface area contributed by atoms with E-state index in [0.29, 0.717) is 40.7 Å². The number of nitrogen functional groups attached to an aromatic ring is 1. The summed E-state index contributed by atoms with van der Waals surface area (Å²) in [5.41, 5.74) is 10.2. The van der Waals surface area contributed by atoms with Crippen LogP contribution in [0.4, 0.5) is 5.82 Å². The Balaban J connectivity index is 1.55. The quantitative estimate of drug-likeness (QED) is 0.280. The van der Waals surface area contributed by atoms with E-state index >= 15 is 0 Å². The van der Waals surface area contributed by atoms with E-state index in [1.807, 2.05) is 54.6 Å². The number of halogens is 1. The van der Waals surface area contributed by atoms with Crippen LogP contribution in [0.1, 0.15) is 21.5 Å². The largest absolute Gasteiger partial charge is 0.507 e. The SMILES string of the molecule is Nc1c(C(=O)NCCc2ccccc2)c2nc3ccccc3nc2n1N=Cc1cc(Br)ccc1O. The van der Waals surface area contributed by atoms with Gasteiger partial charge in [0.1, 0.15) is 22.6 Å². The first-order valence-electron chi connectivity index (χ1n) is 10.9. The fourth-order valence-electron chi connectivity index (χ4n) is 3.79. The fourth-order valence-corrected chi connectivity index (χ4v) is 4.17. The maximum atomic E-state index is 13.2. The Hall–Kier alpha value is -4.24. The Morgan fingerprint density at radius 2 is 1.77 bits per heavy atom. The Morgan fingerprint density at radius 1 is 1.06 bits per heavy atom. The number of nitrogens with zero attached hydrogens (tertiary/aromatic N) is 4. The van der Waals surface area contributed by atoms with Crippen molar-refractivity contribution in [3.05, 3.63) is 94.0 Å². The van der Waals surface area contributed by atoms with Gasteiger partial charge in [0, 0.05) is 16.6 Å². The molecule has 0 bridgehead atoms. The number of anilines is 1. The first-order valence-corrected chi connectivity index (χ1v) is 11.7. The highest BCUT2D eigenvalue weighted by molar-refractivity contribution is 9.10. The topological polar surface area (TPSA) is 118 Å². The van der Waals surface area contributed by atoms with Gasteiger partial charge in [-0.1, -0.05) is 58.4 Å². The summed E-state index contributed by atoms with van der Waals surface area (Å²) >= 11 is 3.39. The molecule has 0 fully saturated rings. The molecule has 1 amide bonds. The third-order valence-electron chi connectivity index (χ3n) is 5.54. The van der Waals surface area contributed by atoms with Crippen LogP contribution in [0.15, 0.2) is 82.4 Å². The van der Waals surface area contributed by atoms with Gasteiger partial charge < -0.3 is 16.2 Å². The minimum Gasteiger partial charge on any atom is -0.507 e. The lowest BCUT2D eigenvalue weighted by molar-refractivity contribution is 0.0956. The molecule has 2 aromatic heterocycles. The number of hydrogen-bond donors (Lipinski definition) is 3. The second-order valence-electron chi connectivity index (χ2n) is 7.90. The van der Waals surface area contributed by atoms with Crippen LogP contribution in [-0.4, -0.2) is 38.4 Å². The summed E-state index contributed by atoms with van der Waals surface area (Å²) in [7, 11) is 0. The molecule has 5 aromatic rings. The van der Waals surface area contributed by atoms with Crippen molar-refractivity contribution in [2.45, 2.75) is 6.42 Å². The van der Waals surface area contributed by atoms with E-state index in [0.717, 1.165) is 10.0 Å². The van der Waals surface area contributed by atoms with Gasteiger partial charge in [-0.05, 0) is 42.3 Å². The summed E-state index contributed by atoms with van der Waals surface area (Å²) in [6.45, 7) is 0.436. The molecule has 2 heterocycles. The number of amides is 1. The molecule has 0 aliphatic carbocycles. The second kappa shape index (κ2) is 9.55. The van der Waals surface area contributed by atoms with Gasteiger partial charge in [0.05, 0.1) is 17.2 Å². The predicted octanol–water partition coefficient (Wildman–Crippen LogP) is 4.49. The van der Waals surface area contributed by atoms with Crippen molar-refractivity contribution in [1.82, 2.24) is 20.0 Å². The zero-order valence-corrected chi connectivity index (χ0v) is 20.1. The lowest BCUT2D eigenvalue weighted by Crippen LogP contribution is -2.26. The minimum absolute atomic E-state index is 0.0578. The van der Waals surface area contributed by atoms with Crippen LogP contribution < -0.4 is 11.1 Å². The zero-order chi connectivity index (χ0) is 24.4. The normalized spacial score (nSPS) is 11.5. The molecule has 8 nitrogen and oxygen atoms in total. The number of carbonyl (C=O) groups is 1. The average molecular weight is 529 g/mol. The number of fused-ring (bicyclic) bond motifs is 2. The van der Waals surface area contributed by atoms with E-state index in [-0.39, 0.29) is 23.0 Å². The van der Waals surface area contributed by atoms with E-state index in [2.05, 4.69) is 36.3 Å². The van der Waals surface area contributed by atoms with Crippen LogP contribution in [0.3, 0.4) is 0 Å². The Bertz CT molecular complexity index is 1580. The van der Waals surface area contributed by atoms with Crippen molar-refractivity contribution in [2.24, 2.45) is 5.10 Å². The second-order valence-corrected chi connectivity index (χ2v) is 8.81. The molecule has 5 rings (SSSR count). The number of rotatable bonds is 6. The van der Waals surface area contributed by atoms with Gasteiger partial charge in [0.15, 0.2) is 5.65 Å². The summed E-state index contributed by atoms with van der Waals surface area (Å²) in [6, 6.07) is 22.3. The van der Waals surface area contributed by atoms with Crippen LogP contribution >= 0.6 is 15.9 Å². The lowest BCUT2D eigenvalue weighted by atomic mass is 10.1. The van der Waals surface area contributed by atoms with Gasteiger partial charge in [-0.2, -0.15) is 9.78 Å². The standard InChI is InChI=1S/C26H21BrN6O2/c27-18-10-11-21(34)17(14-18)15-30-33-24(28)22(26(35)29-13-12-16-6-2-1-3-7-16)23-25(33)32-20-9-5-4-8-19(20)31-23/h1-11,14-15,34H,12-13,28H2,(H,29,35). The number of hydrogen-bond acceptors (Lipinski definition) is 6. The molecule has 174 valence electrons. The molecule has 0 saturated heterocycles. The van der Waals surface area contributed by atoms with Gasteiger partial charge in [0.25, 0.3) is 5.91 Å². The van der Waals surface area contributed by atoms with E-state index in [1.165, 1.54) is 10.9 Å². The highest BCUT2D eigenvalue weighted by Gasteiger charge is 2.24. The third-order valence-corrected chi connectivity index (χ3v) is 6.04. The number of phenols is 1. The van der Waals surface area contributed by atoms with Crippen LogP contribution in [0.2, 0.25) is 0 Å². The highest BCUT2D eigenvalue weighted by atomic mass is 79.9. The molecule has 0 saturated carbocycles. The van der Waals surface area contributed by atoms with E-state index in [1.54, 1.807) is 18.2 Å².